The molecule has 1 aromatic heterocycles. The van der Waals surface area contributed by atoms with E-state index in [1.807, 2.05) is 0 Å². The van der Waals surface area contributed by atoms with Crippen LogP contribution in [0.5, 0.6) is 0 Å². The zero-order chi connectivity index (χ0) is 12.3. The maximum atomic E-state index is 11.7. The fourth-order valence-electron chi connectivity index (χ4n) is 0.961. The van der Waals surface area contributed by atoms with Crippen LogP contribution in [0.3, 0.4) is 0 Å². The molecule has 1 aromatic rings. The van der Waals surface area contributed by atoms with E-state index >= 15 is 0 Å². The average Bonchev–Trinajstić information content (AvgIpc) is 2.65. The molecule has 0 aliphatic heterocycles. The second-order valence-electron chi connectivity index (χ2n) is 3.17. The summed E-state index contributed by atoms with van der Waals surface area (Å²) < 4.78 is 25.8. The molecule has 0 spiro atoms. The van der Waals surface area contributed by atoms with Gasteiger partial charge in [-0.05, 0) is 19.1 Å². The number of sulfonamides is 1. The summed E-state index contributed by atoms with van der Waals surface area (Å²) in [6.07, 6.45) is 0. The molecule has 0 bridgehead atoms. The number of thiophene rings is 1. The minimum absolute atomic E-state index is 0.126. The normalized spacial score (nSPS) is 13.6. The molecular formula is C8H13N3O3S2. The number of carbonyl (C=O) groups excluding carboxylic acids is 1. The van der Waals surface area contributed by atoms with Gasteiger partial charge in [0, 0.05) is 11.4 Å². The molecule has 0 saturated heterocycles. The first-order chi connectivity index (χ1) is 7.36. The molecule has 8 heteroatoms. The zero-order valence-electron chi connectivity index (χ0n) is 8.64. The van der Waals surface area contributed by atoms with Gasteiger partial charge in [0.2, 0.25) is 5.91 Å². The van der Waals surface area contributed by atoms with Gasteiger partial charge in [-0.3, -0.25) is 4.79 Å². The number of carbonyl (C=O) groups is 1. The molecule has 5 N–H and O–H groups in total. The summed E-state index contributed by atoms with van der Waals surface area (Å²) in [7, 11) is -3.68. The Morgan fingerprint density at radius 3 is 2.62 bits per heavy atom. The Hall–Kier alpha value is -0.960. The largest absolute Gasteiger partial charge is 0.368 e. The molecule has 0 saturated carbocycles. The summed E-state index contributed by atoms with van der Waals surface area (Å²) in [4.78, 5) is 11.5. The third kappa shape index (κ3) is 3.01. The second kappa shape index (κ2) is 4.91. The Morgan fingerprint density at radius 2 is 2.19 bits per heavy atom. The van der Waals surface area contributed by atoms with Crippen molar-refractivity contribution in [1.82, 2.24) is 4.72 Å². The lowest BCUT2D eigenvalue weighted by Crippen LogP contribution is -2.41. The molecule has 16 heavy (non-hydrogen) atoms. The lowest BCUT2D eigenvalue weighted by Gasteiger charge is -2.08. The maximum Gasteiger partial charge on any atom is 0.250 e. The highest BCUT2D eigenvalue weighted by Gasteiger charge is 2.21. The van der Waals surface area contributed by atoms with Crippen LogP contribution in [-0.4, -0.2) is 20.4 Å². The lowest BCUT2D eigenvalue weighted by atomic mass is 10.4. The van der Waals surface area contributed by atoms with Gasteiger partial charge in [-0.1, -0.05) is 0 Å². The highest BCUT2D eigenvalue weighted by Crippen LogP contribution is 2.21. The zero-order valence-corrected chi connectivity index (χ0v) is 10.3. The van der Waals surface area contributed by atoms with E-state index in [1.54, 1.807) is 6.07 Å². The van der Waals surface area contributed by atoms with Gasteiger partial charge in [0.1, 0.15) is 4.21 Å². The van der Waals surface area contributed by atoms with Crippen LogP contribution in [0, 0.1) is 0 Å². The van der Waals surface area contributed by atoms with E-state index in [0.29, 0.717) is 0 Å². The van der Waals surface area contributed by atoms with E-state index in [1.165, 1.54) is 13.0 Å². The molecular weight excluding hydrogens is 250 g/mol. The molecule has 0 fully saturated rings. The van der Waals surface area contributed by atoms with Crippen molar-refractivity contribution in [2.75, 3.05) is 0 Å². The molecule has 0 aliphatic rings. The van der Waals surface area contributed by atoms with Crippen LogP contribution in [-0.2, 0) is 21.4 Å². The predicted octanol–water partition coefficient (Wildman–Crippen LogP) is -0.641. The first-order valence-corrected chi connectivity index (χ1v) is 6.77. The van der Waals surface area contributed by atoms with Crippen molar-refractivity contribution in [2.45, 2.75) is 23.7 Å². The second-order valence-corrected chi connectivity index (χ2v) is 6.28. The Bertz CT molecular complexity index is 480. The van der Waals surface area contributed by atoms with E-state index in [-0.39, 0.29) is 10.8 Å². The van der Waals surface area contributed by atoms with Crippen LogP contribution in [0.15, 0.2) is 16.3 Å². The number of nitrogens with one attached hydrogen (secondary N) is 1. The number of hydrogen-bond acceptors (Lipinski definition) is 5. The SMILES string of the molecule is CC(NS(=O)(=O)c1ccc(CN)s1)C(N)=O. The lowest BCUT2D eigenvalue weighted by molar-refractivity contribution is -0.119. The molecule has 1 heterocycles. The number of rotatable bonds is 5. The molecule has 1 amide bonds. The average molecular weight is 263 g/mol. The maximum absolute atomic E-state index is 11.7. The van der Waals surface area contributed by atoms with Crippen LogP contribution in [0.25, 0.3) is 0 Å². The number of primary amides is 1. The van der Waals surface area contributed by atoms with Crippen molar-refractivity contribution in [3.8, 4) is 0 Å². The van der Waals surface area contributed by atoms with Crippen LogP contribution >= 0.6 is 11.3 Å². The first kappa shape index (κ1) is 13.1. The van der Waals surface area contributed by atoms with Gasteiger partial charge in [-0.15, -0.1) is 11.3 Å². The van der Waals surface area contributed by atoms with Crippen molar-refractivity contribution >= 4 is 27.3 Å². The Morgan fingerprint density at radius 1 is 1.56 bits per heavy atom. The van der Waals surface area contributed by atoms with E-state index in [4.69, 9.17) is 11.5 Å². The number of nitrogens with two attached hydrogens (primary N) is 2. The Balaban J connectivity index is 2.90. The molecule has 0 radical (unpaired) electrons. The number of amides is 1. The third-order valence-corrected chi connectivity index (χ3v) is 5.00. The van der Waals surface area contributed by atoms with Crippen LogP contribution < -0.4 is 16.2 Å². The summed E-state index contributed by atoms with van der Waals surface area (Å²) in [5.41, 5.74) is 10.3. The molecule has 1 rings (SSSR count). The molecule has 0 aliphatic carbocycles. The van der Waals surface area contributed by atoms with Gasteiger partial charge in [-0.25, -0.2) is 8.42 Å². The van der Waals surface area contributed by atoms with Gasteiger partial charge in [0.25, 0.3) is 10.0 Å². The summed E-state index contributed by atoms with van der Waals surface area (Å²) >= 11 is 1.07. The van der Waals surface area contributed by atoms with Crippen LogP contribution in [0.2, 0.25) is 0 Å². The highest BCUT2D eigenvalue weighted by molar-refractivity contribution is 7.91. The van der Waals surface area contributed by atoms with Crippen molar-refractivity contribution in [3.63, 3.8) is 0 Å². The van der Waals surface area contributed by atoms with E-state index in [2.05, 4.69) is 4.72 Å². The smallest absolute Gasteiger partial charge is 0.250 e. The fourth-order valence-corrected chi connectivity index (χ4v) is 3.42. The van der Waals surface area contributed by atoms with Crippen molar-refractivity contribution in [3.05, 3.63) is 17.0 Å². The summed E-state index contributed by atoms with van der Waals surface area (Å²) in [5.74, 6) is -0.723. The van der Waals surface area contributed by atoms with Crippen molar-refractivity contribution in [1.29, 1.82) is 0 Å². The molecule has 1 unspecified atom stereocenters. The van der Waals surface area contributed by atoms with E-state index < -0.39 is 22.0 Å². The van der Waals surface area contributed by atoms with Gasteiger partial charge in [-0.2, -0.15) is 4.72 Å². The van der Waals surface area contributed by atoms with Gasteiger partial charge in [0.15, 0.2) is 0 Å². The minimum Gasteiger partial charge on any atom is -0.368 e. The first-order valence-electron chi connectivity index (χ1n) is 4.47. The third-order valence-electron chi connectivity index (χ3n) is 1.86. The van der Waals surface area contributed by atoms with Gasteiger partial charge in [0.05, 0.1) is 6.04 Å². The Labute approximate surface area is 97.7 Å². The summed E-state index contributed by atoms with van der Waals surface area (Å²) in [5, 5.41) is 0. The van der Waals surface area contributed by atoms with Crippen molar-refractivity contribution in [2.24, 2.45) is 11.5 Å². The Kier molecular flexibility index (Phi) is 4.03. The molecule has 0 aromatic carbocycles. The molecule has 1 atom stereocenters. The van der Waals surface area contributed by atoms with Crippen molar-refractivity contribution < 1.29 is 13.2 Å². The summed E-state index contributed by atoms with van der Waals surface area (Å²) in [6, 6.07) is 2.14. The fraction of sp³-hybridized carbons (Fsp3) is 0.375. The van der Waals surface area contributed by atoms with E-state index in [9.17, 15) is 13.2 Å². The standard InChI is InChI=1S/C8H13N3O3S2/c1-5(8(10)12)11-16(13,14)7-3-2-6(4-9)15-7/h2-3,5,11H,4,9H2,1H3,(H2,10,12). The molecule has 90 valence electrons. The van der Waals surface area contributed by atoms with Crippen LogP contribution in [0.1, 0.15) is 11.8 Å². The topological polar surface area (TPSA) is 115 Å². The van der Waals surface area contributed by atoms with Gasteiger partial charge >= 0.3 is 0 Å². The summed E-state index contributed by atoms with van der Waals surface area (Å²) in [6.45, 7) is 1.67. The molecule has 6 nitrogen and oxygen atoms in total. The van der Waals surface area contributed by atoms with E-state index in [0.717, 1.165) is 16.2 Å². The number of hydrogen-bond donors (Lipinski definition) is 3. The predicted molar refractivity (Wildman–Crippen MR) is 61.2 cm³/mol. The highest BCUT2D eigenvalue weighted by atomic mass is 32.2. The van der Waals surface area contributed by atoms with Crippen LogP contribution in [0.4, 0.5) is 0 Å². The minimum atomic E-state index is -3.68. The quantitative estimate of drug-likeness (QED) is 0.655. The van der Waals surface area contributed by atoms with Gasteiger partial charge < -0.3 is 11.5 Å². The monoisotopic (exact) mass is 263 g/mol.